The van der Waals surface area contributed by atoms with Crippen LogP contribution in [0.2, 0.25) is 0 Å². The van der Waals surface area contributed by atoms with Crippen LogP contribution in [0.15, 0.2) is 0 Å². The van der Waals surface area contributed by atoms with Crippen molar-refractivity contribution in [2.45, 2.75) is 50.3 Å². The maximum atomic E-state index is 9.79. The molecule has 88 valence electrons. The average Bonchev–Trinajstić information content (AvgIpc) is 2.50. The van der Waals surface area contributed by atoms with Crippen molar-refractivity contribution in [1.29, 1.82) is 0 Å². The van der Waals surface area contributed by atoms with E-state index in [1.807, 2.05) is 11.8 Å². The van der Waals surface area contributed by atoms with Gasteiger partial charge in [0.2, 0.25) is 0 Å². The molecule has 0 radical (unpaired) electrons. The fourth-order valence-electron chi connectivity index (χ4n) is 2.65. The van der Waals surface area contributed by atoms with Gasteiger partial charge in [-0.3, -0.25) is 4.90 Å². The van der Waals surface area contributed by atoms with Crippen LogP contribution in [0.5, 0.6) is 0 Å². The Hall–Kier alpha value is -0.200. The molecule has 2 fully saturated rings. The molecule has 0 aromatic carbocycles. The van der Waals surface area contributed by atoms with Crippen molar-refractivity contribution in [2.24, 2.45) is 0 Å². The van der Waals surface area contributed by atoms with Crippen molar-refractivity contribution in [3.63, 3.8) is 0 Å². The summed E-state index contributed by atoms with van der Waals surface area (Å²) in [4.78, 5) is 1.88. The van der Waals surface area contributed by atoms with Gasteiger partial charge in [-0.1, -0.05) is 0 Å². The lowest BCUT2D eigenvalue weighted by molar-refractivity contribution is -0.132. The number of rotatable bonds is 2. The third kappa shape index (κ3) is 1.90. The number of aliphatic hydroxyl groups excluding tert-OH is 3. The van der Waals surface area contributed by atoms with E-state index in [-0.39, 0.29) is 12.3 Å². The van der Waals surface area contributed by atoms with Crippen molar-refractivity contribution in [1.82, 2.24) is 4.90 Å². The molecule has 3 N–H and O–H groups in total. The maximum absolute atomic E-state index is 9.79. The fraction of sp³-hybridized carbons (Fsp3) is 1.00. The Kier molecular flexibility index (Phi) is 3.27. The summed E-state index contributed by atoms with van der Waals surface area (Å²) in [5.74, 6) is 0. The van der Waals surface area contributed by atoms with Gasteiger partial charge in [0.1, 0.15) is 6.23 Å². The SMILES string of the molecule is CCOC1CCC(O)C2[C@H](O)C(O)CN12. The van der Waals surface area contributed by atoms with Gasteiger partial charge in [-0.25, -0.2) is 0 Å². The van der Waals surface area contributed by atoms with E-state index in [2.05, 4.69) is 0 Å². The zero-order valence-electron chi connectivity index (χ0n) is 8.91. The number of nitrogens with zero attached hydrogens (tertiary/aromatic N) is 1. The Morgan fingerprint density at radius 1 is 1.20 bits per heavy atom. The molecule has 2 aliphatic heterocycles. The van der Waals surface area contributed by atoms with Gasteiger partial charge in [-0.2, -0.15) is 0 Å². The molecule has 0 saturated carbocycles. The predicted molar refractivity (Wildman–Crippen MR) is 53.2 cm³/mol. The van der Waals surface area contributed by atoms with Gasteiger partial charge in [0.15, 0.2) is 0 Å². The molecule has 0 amide bonds. The molecule has 5 heteroatoms. The summed E-state index contributed by atoms with van der Waals surface area (Å²) < 4.78 is 5.53. The van der Waals surface area contributed by atoms with Crippen molar-refractivity contribution < 1.29 is 20.1 Å². The standard InChI is InChI=1S/C10H19NO4/c1-2-15-8-4-3-6(12)9-10(14)7(13)5-11(8)9/h6-10,12-14H,2-5H2,1H3/t6?,7?,8?,9?,10-/m1/s1. The first-order valence-corrected chi connectivity index (χ1v) is 5.56. The van der Waals surface area contributed by atoms with Crippen LogP contribution in [-0.2, 0) is 4.74 Å². The molecular formula is C10H19NO4. The minimum absolute atomic E-state index is 0.0739. The summed E-state index contributed by atoms with van der Waals surface area (Å²) in [6.07, 6.45) is -0.890. The number of hydrogen-bond donors (Lipinski definition) is 3. The van der Waals surface area contributed by atoms with Crippen LogP contribution >= 0.6 is 0 Å². The Morgan fingerprint density at radius 3 is 2.60 bits per heavy atom. The zero-order valence-corrected chi connectivity index (χ0v) is 8.91. The second kappa shape index (κ2) is 4.35. The summed E-state index contributed by atoms with van der Waals surface area (Å²) in [6.45, 7) is 2.91. The smallest absolute Gasteiger partial charge is 0.111 e. The van der Waals surface area contributed by atoms with Crippen LogP contribution in [-0.4, -0.2) is 64.0 Å². The topological polar surface area (TPSA) is 73.2 Å². The Labute approximate surface area is 89.3 Å². The first-order chi connectivity index (χ1) is 7.15. The molecule has 0 aromatic rings. The molecular weight excluding hydrogens is 198 g/mol. The lowest BCUT2D eigenvalue weighted by Crippen LogP contribution is -2.54. The van der Waals surface area contributed by atoms with Crippen LogP contribution in [0, 0.1) is 0 Å². The molecule has 5 atom stereocenters. The summed E-state index contributed by atoms with van der Waals surface area (Å²) in [7, 11) is 0. The zero-order chi connectivity index (χ0) is 11.0. The lowest BCUT2D eigenvalue weighted by atomic mass is 9.96. The monoisotopic (exact) mass is 217 g/mol. The van der Waals surface area contributed by atoms with E-state index >= 15 is 0 Å². The van der Waals surface area contributed by atoms with Crippen molar-refractivity contribution in [2.75, 3.05) is 13.2 Å². The van der Waals surface area contributed by atoms with Crippen LogP contribution < -0.4 is 0 Å². The van der Waals surface area contributed by atoms with E-state index in [9.17, 15) is 15.3 Å². The van der Waals surface area contributed by atoms with E-state index in [0.717, 1.165) is 6.42 Å². The van der Waals surface area contributed by atoms with Gasteiger partial charge in [0.25, 0.3) is 0 Å². The van der Waals surface area contributed by atoms with Crippen molar-refractivity contribution in [3.8, 4) is 0 Å². The van der Waals surface area contributed by atoms with E-state index in [0.29, 0.717) is 19.6 Å². The predicted octanol–water partition coefficient (Wildman–Crippen LogP) is -1.09. The van der Waals surface area contributed by atoms with E-state index in [1.165, 1.54) is 0 Å². The Bertz CT molecular complexity index is 225. The second-order valence-corrected chi connectivity index (χ2v) is 4.30. The van der Waals surface area contributed by atoms with E-state index < -0.39 is 18.3 Å². The Morgan fingerprint density at radius 2 is 1.93 bits per heavy atom. The Balaban J connectivity index is 2.10. The largest absolute Gasteiger partial charge is 0.391 e. The molecule has 4 unspecified atom stereocenters. The molecule has 0 bridgehead atoms. The molecule has 2 rings (SSSR count). The summed E-state index contributed by atoms with van der Waals surface area (Å²) in [5, 5.41) is 29.1. The quantitative estimate of drug-likeness (QED) is 0.548. The molecule has 0 aromatic heterocycles. The van der Waals surface area contributed by atoms with E-state index in [4.69, 9.17) is 4.74 Å². The molecule has 0 aliphatic carbocycles. The minimum Gasteiger partial charge on any atom is -0.391 e. The van der Waals surface area contributed by atoms with E-state index in [1.54, 1.807) is 0 Å². The molecule has 0 spiro atoms. The summed E-state index contributed by atoms with van der Waals surface area (Å²) in [6, 6.07) is -0.370. The van der Waals surface area contributed by atoms with Gasteiger partial charge < -0.3 is 20.1 Å². The molecule has 2 heterocycles. The first kappa shape index (κ1) is 11.3. The molecule has 15 heavy (non-hydrogen) atoms. The molecule has 2 aliphatic rings. The average molecular weight is 217 g/mol. The highest BCUT2D eigenvalue weighted by atomic mass is 16.5. The minimum atomic E-state index is -0.858. The van der Waals surface area contributed by atoms with Gasteiger partial charge in [-0.05, 0) is 19.8 Å². The highest BCUT2D eigenvalue weighted by Gasteiger charge is 2.49. The van der Waals surface area contributed by atoms with Crippen LogP contribution in [0.25, 0.3) is 0 Å². The fourth-order valence-corrected chi connectivity index (χ4v) is 2.65. The van der Waals surface area contributed by atoms with Crippen LogP contribution in [0.4, 0.5) is 0 Å². The third-order valence-corrected chi connectivity index (χ3v) is 3.36. The van der Waals surface area contributed by atoms with Crippen LogP contribution in [0.1, 0.15) is 19.8 Å². The first-order valence-electron chi connectivity index (χ1n) is 5.56. The summed E-state index contributed by atoms with van der Waals surface area (Å²) in [5.41, 5.74) is 0. The number of aliphatic hydroxyl groups is 3. The van der Waals surface area contributed by atoms with Gasteiger partial charge in [0, 0.05) is 13.2 Å². The van der Waals surface area contributed by atoms with Crippen molar-refractivity contribution in [3.05, 3.63) is 0 Å². The molecule has 2 saturated heterocycles. The number of fused-ring (bicyclic) bond motifs is 1. The van der Waals surface area contributed by atoms with Gasteiger partial charge in [-0.15, -0.1) is 0 Å². The highest BCUT2D eigenvalue weighted by Crippen LogP contribution is 2.32. The normalized spacial score (nSPS) is 46.8. The number of piperidine rings is 1. The van der Waals surface area contributed by atoms with Crippen LogP contribution in [0.3, 0.4) is 0 Å². The second-order valence-electron chi connectivity index (χ2n) is 4.30. The number of ether oxygens (including phenoxy) is 1. The maximum Gasteiger partial charge on any atom is 0.111 e. The van der Waals surface area contributed by atoms with Gasteiger partial charge in [0.05, 0.1) is 24.4 Å². The van der Waals surface area contributed by atoms with Crippen molar-refractivity contribution >= 4 is 0 Å². The summed E-state index contributed by atoms with van der Waals surface area (Å²) >= 11 is 0. The highest BCUT2D eigenvalue weighted by molar-refractivity contribution is 5.00. The molecule has 5 nitrogen and oxygen atoms in total. The third-order valence-electron chi connectivity index (χ3n) is 3.36. The van der Waals surface area contributed by atoms with Gasteiger partial charge >= 0.3 is 0 Å². The number of hydrogen-bond acceptors (Lipinski definition) is 5. The lowest BCUT2D eigenvalue weighted by Gasteiger charge is -2.40.